The molecule has 0 aromatic rings. The molecule has 0 aliphatic rings. The molecule has 0 aliphatic heterocycles. The molecule has 0 saturated heterocycles. The molecule has 0 atom stereocenters. The van der Waals surface area contributed by atoms with Crippen LogP contribution >= 0.6 is 0 Å². The Hall–Kier alpha value is -0.0400. The fourth-order valence-electron chi connectivity index (χ4n) is 6.56. The van der Waals surface area contributed by atoms with E-state index in [1.807, 2.05) is 0 Å². The molecule has 1 N–H and O–H groups in total. The first-order chi connectivity index (χ1) is 20.4. The van der Waals surface area contributed by atoms with Crippen LogP contribution in [0.5, 0.6) is 0 Å². The predicted molar refractivity (Wildman–Crippen MR) is 190 cm³/mol. The summed E-state index contributed by atoms with van der Waals surface area (Å²) in [4.78, 5) is 0. The number of nitrogens with one attached hydrogen (secondary N) is 1. The fourth-order valence-corrected chi connectivity index (χ4v) is 6.56. The SMILES string of the molecule is CCCCCCCCCCCCCCCCCCCCCCCCCCCCCCCCCCCCCCCNC. The van der Waals surface area contributed by atoms with Gasteiger partial charge in [0.1, 0.15) is 0 Å². The molecule has 0 spiro atoms. The van der Waals surface area contributed by atoms with Crippen molar-refractivity contribution in [3.63, 3.8) is 0 Å². The average molecular weight is 578 g/mol. The van der Waals surface area contributed by atoms with Crippen molar-refractivity contribution < 1.29 is 0 Å². The van der Waals surface area contributed by atoms with Crippen LogP contribution < -0.4 is 5.32 Å². The summed E-state index contributed by atoms with van der Waals surface area (Å²) in [5, 5.41) is 3.24. The van der Waals surface area contributed by atoms with Crippen LogP contribution in [0.3, 0.4) is 0 Å². The molecule has 0 aliphatic carbocycles. The molecule has 0 saturated carbocycles. The molecule has 41 heavy (non-hydrogen) atoms. The summed E-state index contributed by atoms with van der Waals surface area (Å²) in [6.45, 7) is 3.50. The summed E-state index contributed by atoms with van der Waals surface area (Å²) in [5.74, 6) is 0. The average Bonchev–Trinajstić information content (AvgIpc) is 2.98. The van der Waals surface area contributed by atoms with E-state index < -0.39 is 0 Å². The largest absolute Gasteiger partial charge is 0.320 e. The van der Waals surface area contributed by atoms with E-state index in [-0.39, 0.29) is 0 Å². The van der Waals surface area contributed by atoms with E-state index in [4.69, 9.17) is 0 Å². The highest BCUT2D eigenvalue weighted by molar-refractivity contribution is 4.53. The maximum Gasteiger partial charge on any atom is -0.00519 e. The smallest absolute Gasteiger partial charge is 0.00519 e. The van der Waals surface area contributed by atoms with Crippen LogP contribution in [-0.2, 0) is 0 Å². The van der Waals surface area contributed by atoms with Gasteiger partial charge < -0.3 is 5.32 Å². The van der Waals surface area contributed by atoms with Gasteiger partial charge in [-0.2, -0.15) is 0 Å². The Labute approximate surface area is 263 Å². The summed E-state index contributed by atoms with van der Waals surface area (Å²) in [6.07, 6.45) is 54.7. The van der Waals surface area contributed by atoms with E-state index in [0.29, 0.717) is 0 Å². The van der Waals surface area contributed by atoms with Gasteiger partial charge >= 0.3 is 0 Å². The minimum Gasteiger partial charge on any atom is -0.320 e. The van der Waals surface area contributed by atoms with Gasteiger partial charge in [-0.1, -0.05) is 238 Å². The maximum atomic E-state index is 3.24. The minimum atomic E-state index is 1.19. The summed E-state index contributed by atoms with van der Waals surface area (Å²) < 4.78 is 0. The van der Waals surface area contributed by atoms with Gasteiger partial charge in [0, 0.05) is 0 Å². The van der Waals surface area contributed by atoms with Crippen LogP contribution in [0.4, 0.5) is 0 Å². The third-order valence-corrected chi connectivity index (χ3v) is 9.53. The zero-order chi connectivity index (χ0) is 29.6. The van der Waals surface area contributed by atoms with Gasteiger partial charge in [0.05, 0.1) is 0 Å². The molecule has 1 heteroatoms. The van der Waals surface area contributed by atoms with Gasteiger partial charge in [0.25, 0.3) is 0 Å². The van der Waals surface area contributed by atoms with Gasteiger partial charge in [-0.3, -0.25) is 0 Å². The van der Waals surface area contributed by atoms with E-state index >= 15 is 0 Å². The van der Waals surface area contributed by atoms with Crippen molar-refractivity contribution in [3.05, 3.63) is 0 Å². The monoisotopic (exact) mass is 578 g/mol. The third kappa shape index (κ3) is 40.0. The first-order valence-electron chi connectivity index (χ1n) is 20.1. The molecule has 248 valence electrons. The molecule has 0 radical (unpaired) electrons. The van der Waals surface area contributed by atoms with E-state index in [0.717, 1.165) is 0 Å². The lowest BCUT2D eigenvalue weighted by Gasteiger charge is -2.05. The molecule has 0 fully saturated rings. The van der Waals surface area contributed by atoms with Crippen molar-refractivity contribution in [2.24, 2.45) is 0 Å². The Morgan fingerprint density at radius 3 is 0.512 bits per heavy atom. The lowest BCUT2D eigenvalue weighted by molar-refractivity contribution is 0.510. The van der Waals surface area contributed by atoms with Crippen molar-refractivity contribution in [1.82, 2.24) is 5.32 Å². The van der Waals surface area contributed by atoms with E-state index in [2.05, 4.69) is 19.3 Å². The second kappa shape index (κ2) is 40.0. The van der Waals surface area contributed by atoms with Crippen molar-refractivity contribution >= 4 is 0 Å². The Morgan fingerprint density at radius 1 is 0.220 bits per heavy atom. The molecule has 0 unspecified atom stereocenters. The van der Waals surface area contributed by atoms with Crippen molar-refractivity contribution in [2.75, 3.05) is 13.6 Å². The zero-order valence-electron chi connectivity index (χ0n) is 29.4. The summed E-state index contributed by atoms with van der Waals surface area (Å²) in [6, 6.07) is 0. The third-order valence-electron chi connectivity index (χ3n) is 9.53. The van der Waals surface area contributed by atoms with Crippen LogP contribution in [0.2, 0.25) is 0 Å². The van der Waals surface area contributed by atoms with Gasteiger partial charge in [-0.05, 0) is 20.0 Å². The molecular weight excluding hydrogens is 494 g/mol. The highest BCUT2D eigenvalue weighted by atomic mass is 14.8. The molecule has 0 aromatic heterocycles. The van der Waals surface area contributed by atoms with Crippen LogP contribution in [-0.4, -0.2) is 13.6 Å². The molecule has 0 amide bonds. The fraction of sp³-hybridized carbons (Fsp3) is 1.00. The van der Waals surface area contributed by atoms with Gasteiger partial charge in [-0.15, -0.1) is 0 Å². The van der Waals surface area contributed by atoms with Crippen molar-refractivity contribution in [1.29, 1.82) is 0 Å². The number of unbranched alkanes of at least 4 members (excludes halogenated alkanes) is 36. The van der Waals surface area contributed by atoms with E-state index in [1.54, 1.807) is 0 Å². The van der Waals surface area contributed by atoms with Gasteiger partial charge in [-0.25, -0.2) is 0 Å². The molecular formula is C40H83N. The van der Waals surface area contributed by atoms with E-state index in [9.17, 15) is 0 Å². The van der Waals surface area contributed by atoms with Crippen LogP contribution in [0, 0.1) is 0 Å². The van der Waals surface area contributed by atoms with Crippen LogP contribution in [0.1, 0.15) is 244 Å². The summed E-state index contributed by atoms with van der Waals surface area (Å²) in [7, 11) is 2.06. The second-order valence-electron chi connectivity index (χ2n) is 13.8. The highest BCUT2D eigenvalue weighted by Crippen LogP contribution is 2.17. The summed E-state index contributed by atoms with van der Waals surface area (Å²) >= 11 is 0. The van der Waals surface area contributed by atoms with Gasteiger partial charge in [0.2, 0.25) is 0 Å². The first kappa shape index (κ1) is 41.0. The lowest BCUT2D eigenvalue weighted by Crippen LogP contribution is -2.06. The Kier molecular flexibility index (Phi) is 39.9. The van der Waals surface area contributed by atoms with E-state index in [1.165, 1.54) is 244 Å². The zero-order valence-corrected chi connectivity index (χ0v) is 29.4. The number of hydrogen-bond acceptors (Lipinski definition) is 1. The normalized spacial score (nSPS) is 11.6. The highest BCUT2D eigenvalue weighted by Gasteiger charge is 1.97. The van der Waals surface area contributed by atoms with Crippen molar-refractivity contribution in [3.8, 4) is 0 Å². The summed E-state index contributed by atoms with van der Waals surface area (Å²) in [5.41, 5.74) is 0. The second-order valence-corrected chi connectivity index (χ2v) is 13.8. The van der Waals surface area contributed by atoms with Gasteiger partial charge in [0.15, 0.2) is 0 Å². The standard InChI is InChI=1S/C40H83N/c1-3-4-5-6-7-8-9-10-11-12-13-14-15-16-17-18-19-20-21-22-23-24-25-26-27-28-29-30-31-32-33-34-35-36-37-38-39-40-41-2/h41H,3-40H2,1-2H3. The number of hydrogen-bond donors (Lipinski definition) is 1. The topological polar surface area (TPSA) is 12.0 Å². The number of rotatable bonds is 38. The first-order valence-corrected chi connectivity index (χ1v) is 20.1. The maximum absolute atomic E-state index is 3.24. The van der Waals surface area contributed by atoms with Crippen molar-refractivity contribution in [2.45, 2.75) is 244 Å². The predicted octanol–water partition coefficient (Wildman–Crippen LogP) is 14.7. The van der Waals surface area contributed by atoms with Crippen LogP contribution in [0.15, 0.2) is 0 Å². The Morgan fingerprint density at radius 2 is 0.366 bits per heavy atom. The molecule has 0 aromatic carbocycles. The Bertz CT molecular complexity index is 381. The lowest BCUT2D eigenvalue weighted by atomic mass is 10.0. The Balaban J connectivity index is 3.02. The minimum absolute atomic E-state index is 1.19. The molecule has 0 bridgehead atoms. The molecule has 0 heterocycles. The molecule has 1 nitrogen and oxygen atoms in total. The quantitative estimate of drug-likeness (QED) is 0.0719. The van der Waals surface area contributed by atoms with Crippen LogP contribution in [0.25, 0.3) is 0 Å². The molecule has 0 rings (SSSR count).